The summed E-state index contributed by atoms with van der Waals surface area (Å²) in [6, 6.07) is 19.3. The smallest absolute Gasteiger partial charge is 0.278 e. The summed E-state index contributed by atoms with van der Waals surface area (Å²) < 4.78 is 54.4. The summed E-state index contributed by atoms with van der Waals surface area (Å²) in [6.45, 7) is 0. The number of nitrogens with one attached hydrogen (secondary N) is 2. The minimum absolute atomic E-state index is 0.0982. The van der Waals surface area contributed by atoms with Crippen molar-refractivity contribution in [3.63, 3.8) is 0 Å². The molecule has 10 nitrogen and oxygen atoms in total. The zero-order valence-electron chi connectivity index (χ0n) is 19.5. The monoisotopic (exact) mass is 557 g/mol. The number of hydrogen-bond acceptors (Lipinski definition) is 6. The molecule has 190 valence electrons. The van der Waals surface area contributed by atoms with E-state index in [9.17, 15) is 21.6 Å². The summed E-state index contributed by atoms with van der Waals surface area (Å²) in [6.07, 6.45) is 1.03. The number of rotatable bonds is 5. The van der Waals surface area contributed by atoms with Crippen LogP contribution in [0.3, 0.4) is 0 Å². The Labute approximate surface area is 218 Å². The number of carbonyl (C=O) groups excluding carboxylic acids is 1. The number of halogens is 1. The van der Waals surface area contributed by atoms with Gasteiger partial charge in [-0.3, -0.25) is 13.8 Å². The Balaban J connectivity index is 1.63. The lowest BCUT2D eigenvalue weighted by atomic mass is 10.1. The molecule has 13 heteroatoms. The van der Waals surface area contributed by atoms with Crippen molar-refractivity contribution in [1.82, 2.24) is 9.78 Å². The second-order valence-electron chi connectivity index (χ2n) is 8.31. The maximum atomic E-state index is 13.4. The molecular weight excluding hydrogens is 538 g/mol. The van der Waals surface area contributed by atoms with Gasteiger partial charge in [-0.05, 0) is 54.6 Å². The SMILES string of the molecule is CN1c2c(C(=O)Nc3ccc(NS(C)(=O)=O)cc3)nn(-c3ccc(Cl)cc3)c2-c2ccccc2S1(=O)=O. The molecule has 1 aliphatic rings. The molecular formula is C24H20ClN5O5S2. The minimum atomic E-state index is -3.95. The van der Waals surface area contributed by atoms with Crippen LogP contribution in [-0.2, 0) is 20.0 Å². The third-order valence-electron chi connectivity index (χ3n) is 5.69. The molecule has 0 radical (unpaired) electrons. The van der Waals surface area contributed by atoms with E-state index in [-0.39, 0.29) is 16.3 Å². The molecule has 2 heterocycles. The van der Waals surface area contributed by atoms with Crippen molar-refractivity contribution in [3.05, 3.63) is 83.5 Å². The van der Waals surface area contributed by atoms with Gasteiger partial charge >= 0.3 is 0 Å². The van der Waals surface area contributed by atoms with Crippen LogP contribution in [-0.4, -0.2) is 45.8 Å². The number of benzene rings is 3. The van der Waals surface area contributed by atoms with Gasteiger partial charge in [-0.15, -0.1) is 0 Å². The van der Waals surface area contributed by atoms with Crippen molar-refractivity contribution in [2.24, 2.45) is 0 Å². The van der Waals surface area contributed by atoms with Crippen LogP contribution < -0.4 is 14.3 Å². The molecule has 4 aromatic rings. The van der Waals surface area contributed by atoms with Gasteiger partial charge < -0.3 is 5.32 Å². The third kappa shape index (κ3) is 4.54. The second-order valence-corrected chi connectivity index (χ2v) is 12.4. The molecule has 3 aromatic carbocycles. The number of hydrogen-bond donors (Lipinski definition) is 2. The standard InChI is InChI=1S/C24H20ClN5O5S2/c1-29-23-21(24(31)26-16-9-11-17(12-10-16)28-36(2,32)33)27-30(18-13-7-15(25)8-14-18)22(23)19-5-3-4-6-20(19)37(29,34)35/h3-14,28H,1-2H3,(H,26,31). The third-order valence-corrected chi connectivity index (χ3v) is 8.36. The van der Waals surface area contributed by atoms with Crippen LogP contribution in [0.4, 0.5) is 17.1 Å². The lowest BCUT2D eigenvalue weighted by Crippen LogP contribution is -2.32. The van der Waals surface area contributed by atoms with Crippen LogP contribution >= 0.6 is 11.6 Å². The van der Waals surface area contributed by atoms with Gasteiger partial charge in [-0.1, -0.05) is 29.8 Å². The average molecular weight is 558 g/mol. The first-order chi connectivity index (χ1) is 17.5. The molecule has 0 bridgehead atoms. The van der Waals surface area contributed by atoms with Gasteiger partial charge in [0.25, 0.3) is 15.9 Å². The van der Waals surface area contributed by atoms with Crippen LogP contribution in [0.1, 0.15) is 10.5 Å². The molecule has 1 aliphatic heterocycles. The highest BCUT2D eigenvalue weighted by Crippen LogP contribution is 2.45. The first kappa shape index (κ1) is 24.8. The number of aromatic nitrogens is 2. The highest BCUT2D eigenvalue weighted by Gasteiger charge is 2.39. The predicted octanol–water partition coefficient (Wildman–Crippen LogP) is 3.96. The Hall–Kier alpha value is -3.87. The molecule has 0 spiro atoms. The first-order valence-corrected chi connectivity index (χ1v) is 14.5. The molecule has 0 unspecified atom stereocenters. The summed E-state index contributed by atoms with van der Waals surface area (Å²) in [5.74, 6) is -0.644. The van der Waals surface area contributed by atoms with Crippen molar-refractivity contribution in [3.8, 4) is 16.9 Å². The molecule has 0 saturated heterocycles. The predicted molar refractivity (Wildman–Crippen MR) is 142 cm³/mol. The molecule has 1 aromatic heterocycles. The fraction of sp³-hybridized carbons (Fsp3) is 0.0833. The molecule has 0 fully saturated rings. The topological polar surface area (TPSA) is 130 Å². The zero-order chi connectivity index (χ0) is 26.5. The van der Waals surface area contributed by atoms with Crippen molar-refractivity contribution in [2.45, 2.75) is 4.90 Å². The van der Waals surface area contributed by atoms with E-state index in [1.165, 1.54) is 42.1 Å². The zero-order valence-corrected chi connectivity index (χ0v) is 21.9. The van der Waals surface area contributed by atoms with E-state index in [1.807, 2.05) is 0 Å². The summed E-state index contributed by atoms with van der Waals surface area (Å²) in [5, 5.41) is 7.75. The van der Waals surface area contributed by atoms with E-state index < -0.39 is 26.0 Å². The highest BCUT2D eigenvalue weighted by molar-refractivity contribution is 7.93. The Morgan fingerprint density at radius 3 is 2.22 bits per heavy atom. The normalized spacial score (nSPS) is 14.0. The van der Waals surface area contributed by atoms with Gasteiger partial charge in [0.05, 0.1) is 16.8 Å². The highest BCUT2D eigenvalue weighted by atomic mass is 35.5. The van der Waals surface area contributed by atoms with Gasteiger partial charge in [0.15, 0.2) is 5.69 Å². The van der Waals surface area contributed by atoms with E-state index in [4.69, 9.17) is 11.6 Å². The fourth-order valence-electron chi connectivity index (χ4n) is 4.05. The summed E-state index contributed by atoms with van der Waals surface area (Å²) in [4.78, 5) is 13.5. The van der Waals surface area contributed by atoms with Crippen LogP contribution in [0.25, 0.3) is 16.9 Å². The van der Waals surface area contributed by atoms with Crippen molar-refractivity contribution in [2.75, 3.05) is 27.6 Å². The largest absolute Gasteiger partial charge is 0.321 e. The number of nitrogens with zero attached hydrogens (tertiary/aromatic N) is 3. The Bertz CT molecular complexity index is 1750. The Morgan fingerprint density at radius 2 is 1.57 bits per heavy atom. The van der Waals surface area contributed by atoms with Gasteiger partial charge in [-0.2, -0.15) is 5.10 Å². The summed E-state index contributed by atoms with van der Waals surface area (Å²) in [7, 11) is -6.03. The summed E-state index contributed by atoms with van der Waals surface area (Å²) >= 11 is 6.06. The van der Waals surface area contributed by atoms with E-state index in [1.54, 1.807) is 42.5 Å². The van der Waals surface area contributed by atoms with E-state index >= 15 is 0 Å². The summed E-state index contributed by atoms with van der Waals surface area (Å²) in [5.41, 5.74) is 2.14. The van der Waals surface area contributed by atoms with Crippen LogP contribution in [0.2, 0.25) is 5.02 Å². The molecule has 37 heavy (non-hydrogen) atoms. The van der Waals surface area contributed by atoms with Crippen molar-refractivity contribution in [1.29, 1.82) is 0 Å². The minimum Gasteiger partial charge on any atom is -0.321 e. The van der Waals surface area contributed by atoms with E-state index in [0.717, 1.165) is 10.6 Å². The second kappa shape index (κ2) is 8.91. The average Bonchev–Trinajstić information content (AvgIpc) is 3.24. The molecule has 0 saturated carbocycles. The van der Waals surface area contributed by atoms with Crippen LogP contribution in [0.5, 0.6) is 0 Å². The quantitative estimate of drug-likeness (QED) is 0.382. The maximum absolute atomic E-state index is 13.4. The van der Waals surface area contributed by atoms with Gasteiger partial charge in [-0.25, -0.2) is 21.5 Å². The number of amides is 1. The lowest BCUT2D eigenvalue weighted by molar-refractivity contribution is 0.102. The molecule has 0 aliphatic carbocycles. The van der Waals surface area contributed by atoms with Gasteiger partial charge in [0, 0.05) is 29.0 Å². The maximum Gasteiger partial charge on any atom is 0.278 e. The Kier molecular flexibility index (Phi) is 5.97. The number of fused-ring (bicyclic) bond motifs is 3. The van der Waals surface area contributed by atoms with E-state index in [2.05, 4.69) is 15.1 Å². The molecule has 1 amide bonds. The fourth-order valence-corrected chi connectivity index (χ4v) is 6.14. The van der Waals surface area contributed by atoms with Crippen LogP contribution in [0, 0.1) is 0 Å². The number of anilines is 3. The lowest BCUT2D eigenvalue weighted by Gasteiger charge is -2.27. The molecule has 0 atom stereocenters. The molecule has 5 rings (SSSR count). The van der Waals surface area contributed by atoms with Crippen LogP contribution in [0.15, 0.2) is 77.7 Å². The first-order valence-electron chi connectivity index (χ1n) is 10.8. The Morgan fingerprint density at radius 1 is 0.946 bits per heavy atom. The van der Waals surface area contributed by atoms with E-state index in [0.29, 0.717) is 33.3 Å². The number of sulfonamides is 2. The van der Waals surface area contributed by atoms with Crippen molar-refractivity contribution >= 4 is 54.6 Å². The van der Waals surface area contributed by atoms with Gasteiger partial charge in [0.1, 0.15) is 11.4 Å². The van der Waals surface area contributed by atoms with Crippen molar-refractivity contribution < 1.29 is 21.6 Å². The van der Waals surface area contributed by atoms with Gasteiger partial charge in [0.2, 0.25) is 10.0 Å². The molecule has 2 N–H and O–H groups in total. The number of carbonyl (C=O) groups is 1.